The number of unbranched alkanes of at least 4 members (excludes halogenated alkanes) is 10. The van der Waals surface area contributed by atoms with Gasteiger partial charge in [0.05, 0.1) is 33.9 Å². The fourth-order valence-corrected chi connectivity index (χ4v) is 4.57. The summed E-state index contributed by atoms with van der Waals surface area (Å²) < 4.78 is 12.3. The van der Waals surface area contributed by atoms with Gasteiger partial charge in [-0.2, -0.15) is 0 Å². The molecule has 6 heteroatoms. The number of nitrogens with zero attached hydrogens (tertiary/aromatic N) is 2. The highest BCUT2D eigenvalue weighted by molar-refractivity contribution is 5.55. The molecule has 0 spiro atoms. The second kappa shape index (κ2) is 18.8. The van der Waals surface area contributed by atoms with Gasteiger partial charge >= 0.3 is 0 Å². The van der Waals surface area contributed by atoms with Gasteiger partial charge in [0.1, 0.15) is 0 Å². The highest BCUT2D eigenvalue weighted by Crippen LogP contribution is 2.38. The van der Waals surface area contributed by atoms with Crippen LogP contribution in [-0.4, -0.2) is 50.6 Å². The SMILES string of the molecule is CCCCCCCCOc1cc(CC)c(CC[N+](C)(C)[O-])c(CN(C)[O-])c1OCCCCCCCC. The van der Waals surface area contributed by atoms with Crippen molar-refractivity contribution < 1.29 is 14.1 Å². The minimum atomic E-state index is -0.361. The number of benzene rings is 1. The van der Waals surface area contributed by atoms with Gasteiger partial charge in [-0.25, -0.2) is 0 Å². The average molecular weight is 508 g/mol. The molecule has 1 rings (SSSR count). The molecule has 0 aromatic heterocycles. The Morgan fingerprint density at radius 3 is 1.81 bits per heavy atom. The van der Waals surface area contributed by atoms with Crippen LogP contribution in [0.4, 0.5) is 0 Å². The molecule has 6 nitrogen and oxygen atoms in total. The third kappa shape index (κ3) is 13.8. The molecule has 0 saturated heterocycles. The van der Waals surface area contributed by atoms with E-state index in [9.17, 15) is 10.4 Å². The molecule has 0 aliphatic heterocycles. The summed E-state index contributed by atoms with van der Waals surface area (Å²) >= 11 is 0. The van der Waals surface area contributed by atoms with E-state index in [4.69, 9.17) is 9.47 Å². The van der Waals surface area contributed by atoms with Gasteiger partial charge in [-0.3, -0.25) is 0 Å². The molecule has 0 heterocycles. The molecule has 0 radical (unpaired) electrons. The molecule has 210 valence electrons. The quantitative estimate of drug-likeness (QED) is 0.0910. The number of aryl methyl sites for hydroxylation is 1. The number of hydrogen-bond donors (Lipinski definition) is 0. The summed E-state index contributed by atoms with van der Waals surface area (Å²) in [6.45, 7) is 8.54. The Hall–Kier alpha value is -1.34. The highest BCUT2D eigenvalue weighted by Gasteiger charge is 2.21. The average Bonchev–Trinajstić information content (AvgIpc) is 2.82. The van der Waals surface area contributed by atoms with Crippen molar-refractivity contribution in [1.82, 2.24) is 5.06 Å². The van der Waals surface area contributed by atoms with Crippen molar-refractivity contribution in [3.63, 3.8) is 0 Å². The lowest BCUT2D eigenvalue weighted by Crippen LogP contribution is -2.34. The summed E-state index contributed by atoms with van der Waals surface area (Å²) in [7, 11) is 4.88. The number of hydroxylamine groups is 5. The minimum Gasteiger partial charge on any atom is -0.785 e. The van der Waals surface area contributed by atoms with Gasteiger partial charge in [0, 0.05) is 18.5 Å². The Kier molecular flexibility index (Phi) is 17.1. The van der Waals surface area contributed by atoms with E-state index >= 15 is 0 Å². The molecule has 0 fully saturated rings. The third-order valence-corrected chi connectivity index (χ3v) is 6.72. The summed E-state index contributed by atoms with van der Waals surface area (Å²) in [5.41, 5.74) is 3.11. The van der Waals surface area contributed by atoms with Crippen LogP contribution in [0.15, 0.2) is 6.07 Å². The molecule has 0 aliphatic rings. The van der Waals surface area contributed by atoms with Crippen LogP contribution in [0.25, 0.3) is 0 Å². The summed E-state index contributed by atoms with van der Waals surface area (Å²) in [4.78, 5) is 0. The van der Waals surface area contributed by atoms with Gasteiger partial charge in [0.15, 0.2) is 11.5 Å². The summed E-state index contributed by atoms with van der Waals surface area (Å²) in [5.74, 6) is 1.46. The summed E-state index contributed by atoms with van der Waals surface area (Å²) in [6.07, 6.45) is 15.9. The van der Waals surface area contributed by atoms with E-state index in [1.807, 2.05) is 0 Å². The standard InChI is InChI=1S/C30H55N2O4/c1-7-10-12-14-16-18-22-35-29-24-26(9-3)27(20-21-32(5,6)34)28(25-31(4)33)30(29)36-23-19-17-15-13-11-8-2/h24H,7-23,25H2,1-6H3/q-1. The van der Waals surface area contributed by atoms with E-state index in [0.717, 1.165) is 53.2 Å². The molecule has 0 amide bonds. The minimum absolute atomic E-state index is 0.231. The van der Waals surface area contributed by atoms with Gasteiger partial charge in [-0.05, 0) is 43.5 Å². The summed E-state index contributed by atoms with van der Waals surface area (Å²) in [5, 5.41) is 25.6. The van der Waals surface area contributed by atoms with Crippen LogP contribution in [-0.2, 0) is 19.4 Å². The van der Waals surface area contributed by atoms with Crippen molar-refractivity contribution in [3.8, 4) is 11.5 Å². The summed E-state index contributed by atoms with van der Waals surface area (Å²) in [6, 6.07) is 2.10. The number of likely N-dealkylation sites (N-methyl/N-ethyl adjacent to an activating group) is 1. The zero-order valence-electron chi connectivity index (χ0n) is 24.3. The van der Waals surface area contributed by atoms with Crippen molar-refractivity contribution in [2.24, 2.45) is 0 Å². The molecule has 1 aromatic rings. The Morgan fingerprint density at radius 2 is 1.31 bits per heavy atom. The first-order chi connectivity index (χ1) is 17.2. The van der Waals surface area contributed by atoms with Gasteiger partial charge < -0.3 is 29.6 Å². The monoisotopic (exact) mass is 507 g/mol. The molecule has 0 unspecified atom stereocenters. The van der Waals surface area contributed by atoms with Crippen molar-refractivity contribution in [1.29, 1.82) is 0 Å². The lowest BCUT2D eigenvalue weighted by molar-refractivity contribution is -0.839. The van der Waals surface area contributed by atoms with Crippen molar-refractivity contribution in [2.75, 3.05) is 40.9 Å². The first-order valence-corrected chi connectivity index (χ1v) is 14.6. The first kappa shape index (κ1) is 32.7. The van der Waals surface area contributed by atoms with E-state index in [-0.39, 0.29) is 11.2 Å². The largest absolute Gasteiger partial charge is 0.785 e. The van der Waals surface area contributed by atoms with E-state index in [1.165, 1.54) is 57.8 Å². The fourth-order valence-electron chi connectivity index (χ4n) is 4.57. The zero-order valence-corrected chi connectivity index (χ0v) is 24.3. The van der Waals surface area contributed by atoms with Gasteiger partial charge in [0.25, 0.3) is 0 Å². The van der Waals surface area contributed by atoms with Crippen LogP contribution in [0, 0.1) is 10.4 Å². The Labute approximate surface area is 222 Å². The van der Waals surface area contributed by atoms with Crippen molar-refractivity contribution >= 4 is 0 Å². The molecule has 0 N–H and O–H groups in total. The van der Waals surface area contributed by atoms with Crippen LogP contribution < -0.4 is 9.47 Å². The predicted octanol–water partition coefficient (Wildman–Crippen LogP) is 7.77. The second-order valence-corrected chi connectivity index (χ2v) is 10.7. The predicted molar refractivity (Wildman–Crippen MR) is 152 cm³/mol. The Bertz CT molecular complexity index is 701. The number of ether oxygens (including phenoxy) is 2. The highest BCUT2D eigenvalue weighted by atomic mass is 16.5. The molecule has 1 aromatic carbocycles. The molecule has 0 aliphatic carbocycles. The molecule has 36 heavy (non-hydrogen) atoms. The van der Waals surface area contributed by atoms with Crippen LogP contribution in [0.5, 0.6) is 11.5 Å². The maximum atomic E-state index is 12.4. The molecule has 0 atom stereocenters. The normalized spacial score (nSPS) is 11.9. The van der Waals surface area contributed by atoms with E-state index < -0.39 is 0 Å². The topological polar surface area (TPSA) is 67.8 Å². The lowest BCUT2D eigenvalue weighted by atomic mass is 9.94. The van der Waals surface area contributed by atoms with Gasteiger partial charge in [-0.15, -0.1) is 0 Å². The van der Waals surface area contributed by atoms with Crippen molar-refractivity contribution in [3.05, 3.63) is 33.2 Å². The van der Waals surface area contributed by atoms with E-state index in [0.29, 0.717) is 31.9 Å². The zero-order chi connectivity index (χ0) is 26.8. The molecular weight excluding hydrogens is 452 g/mol. The number of hydrogen-bond acceptors (Lipinski definition) is 5. The fraction of sp³-hybridized carbons (Fsp3) is 0.800. The van der Waals surface area contributed by atoms with Crippen LogP contribution in [0.1, 0.15) is 115 Å². The van der Waals surface area contributed by atoms with Crippen LogP contribution in [0.2, 0.25) is 0 Å². The van der Waals surface area contributed by atoms with Crippen molar-refractivity contribution in [2.45, 2.75) is 117 Å². The van der Waals surface area contributed by atoms with Crippen LogP contribution >= 0.6 is 0 Å². The Morgan fingerprint density at radius 1 is 0.778 bits per heavy atom. The maximum absolute atomic E-state index is 12.4. The molecule has 0 saturated carbocycles. The molecular formula is C30H55N2O4-. The van der Waals surface area contributed by atoms with Gasteiger partial charge in [0.2, 0.25) is 0 Å². The van der Waals surface area contributed by atoms with E-state index in [2.05, 4.69) is 26.8 Å². The van der Waals surface area contributed by atoms with E-state index in [1.54, 1.807) is 21.1 Å². The van der Waals surface area contributed by atoms with Crippen LogP contribution in [0.3, 0.4) is 0 Å². The Balaban J connectivity index is 3.11. The number of quaternary nitrogens is 1. The smallest absolute Gasteiger partial charge is 0.165 e. The second-order valence-electron chi connectivity index (χ2n) is 10.7. The third-order valence-electron chi connectivity index (χ3n) is 6.72. The lowest BCUT2D eigenvalue weighted by Gasteiger charge is -2.35. The number of rotatable bonds is 22. The molecule has 0 bridgehead atoms. The van der Waals surface area contributed by atoms with Gasteiger partial charge in [-0.1, -0.05) is 85.0 Å². The maximum Gasteiger partial charge on any atom is 0.165 e. The first-order valence-electron chi connectivity index (χ1n) is 14.6.